The summed E-state index contributed by atoms with van der Waals surface area (Å²) < 4.78 is 6.66. The van der Waals surface area contributed by atoms with Crippen molar-refractivity contribution in [3.8, 4) is 16.8 Å². The van der Waals surface area contributed by atoms with Gasteiger partial charge in [0, 0.05) is 16.0 Å². The lowest BCUT2D eigenvalue weighted by Gasteiger charge is -2.09. The Bertz CT molecular complexity index is 1410. The predicted molar refractivity (Wildman–Crippen MR) is 135 cm³/mol. The Hall–Kier alpha value is -4.24. The van der Waals surface area contributed by atoms with Gasteiger partial charge in [0.25, 0.3) is 11.8 Å². The second-order valence-electron chi connectivity index (χ2n) is 7.74. The van der Waals surface area contributed by atoms with Gasteiger partial charge in [0.05, 0.1) is 29.7 Å². The van der Waals surface area contributed by atoms with Crippen molar-refractivity contribution >= 4 is 34.1 Å². The summed E-state index contributed by atoms with van der Waals surface area (Å²) in [6, 6.07) is 16.2. The van der Waals surface area contributed by atoms with Crippen LogP contribution >= 0.6 is 11.3 Å². The van der Waals surface area contributed by atoms with E-state index >= 15 is 0 Å². The number of thiophene rings is 1. The molecule has 0 aliphatic carbocycles. The standard InChI is InChI=1S/C26H24N4O4S/c1-4-34-26(33)20-14-28-30(15(20)2)19-12-10-18(11-13-19)24(32)29-25-22(23(27)31)21(16(3)35-25)17-8-6-5-7-9-17/h5-14H,4H2,1-3H3,(H2,27,31)(H,29,32). The molecule has 0 aliphatic rings. The van der Waals surface area contributed by atoms with Gasteiger partial charge in [0.2, 0.25) is 0 Å². The largest absolute Gasteiger partial charge is 0.462 e. The molecule has 3 N–H and O–H groups in total. The number of hydrogen-bond donors (Lipinski definition) is 2. The zero-order chi connectivity index (χ0) is 25.1. The lowest BCUT2D eigenvalue weighted by Crippen LogP contribution is -2.17. The number of amides is 2. The first-order valence-corrected chi connectivity index (χ1v) is 11.8. The zero-order valence-corrected chi connectivity index (χ0v) is 20.3. The van der Waals surface area contributed by atoms with Crippen LogP contribution in [0, 0.1) is 13.8 Å². The number of aryl methyl sites for hydroxylation is 1. The molecule has 0 fully saturated rings. The minimum atomic E-state index is -0.606. The third-order valence-electron chi connectivity index (χ3n) is 5.50. The maximum atomic E-state index is 13.0. The smallest absolute Gasteiger partial charge is 0.341 e. The number of hydrogen-bond acceptors (Lipinski definition) is 6. The fraction of sp³-hybridized carbons (Fsp3) is 0.154. The van der Waals surface area contributed by atoms with Crippen LogP contribution in [-0.4, -0.2) is 34.2 Å². The van der Waals surface area contributed by atoms with Gasteiger partial charge in [-0.2, -0.15) is 5.10 Å². The molecule has 0 radical (unpaired) electrons. The minimum absolute atomic E-state index is 0.279. The van der Waals surface area contributed by atoms with E-state index in [1.165, 1.54) is 17.5 Å². The highest BCUT2D eigenvalue weighted by atomic mass is 32.1. The number of ether oxygens (including phenoxy) is 1. The summed E-state index contributed by atoms with van der Waals surface area (Å²) in [5.74, 6) is -1.41. The average molecular weight is 489 g/mol. The average Bonchev–Trinajstić information content (AvgIpc) is 3.39. The molecular weight excluding hydrogens is 464 g/mol. The molecule has 2 amide bonds. The van der Waals surface area contributed by atoms with Crippen LogP contribution in [0.5, 0.6) is 0 Å². The van der Waals surface area contributed by atoms with Crippen molar-refractivity contribution in [1.82, 2.24) is 9.78 Å². The molecule has 4 aromatic rings. The minimum Gasteiger partial charge on any atom is -0.462 e. The van der Waals surface area contributed by atoms with E-state index < -0.39 is 11.9 Å². The summed E-state index contributed by atoms with van der Waals surface area (Å²) in [4.78, 5) is 38.2. The van der Waals surface area contributed by atoms with Crippen LogP contribution in [0.3, 0.4) is 0 Å². The van der Waals surface area contributed by atoms with E-state index in [0.717, 1.165) is 16.0 Å². The van der Waals surface area contributed by atoms with Crippen LogP contribution in [0.4, 0.5) is 5.00 Å². The molecule has 0 saturated heterocycles. The number of esters is 1. The van der Waals surface area contributed by atoms with Crippen LogP contribution < -0.4 is 11.1 Å². The predicted octanol–water partition coefficient (Wildman–Crippen LogP) is 4.75. The number of anilines is 1. The van der Waals surface area contributed by atoms with Gasteiger partial charge in [-0.05, 0) is 50.6 Å². The Labute approximate surface area is 206 Å². The first-order valence-electron chi connectivity index (χ1n) is 10.9. The van der Waals surface area contributed by atoms with Crippen LogP contribution in [0.2, 0.25) is 0 Å². The number of aromatic nitrogens is 2. The summed E-state index contributed by atoms with van der Waals surface area (Å²) in [5, 5.41) is 7.51. The van der Waals surface area contributed by atoms with Crippen LogP contribution in [-0.2, 0) is 4.74 Å². The Balaban J connectivity index is 1.59. The van der Waals surface area contributed by atoms with Crippen LogP contribution in [0.25, 0.3) is 16.8 Å². The molecule has 0 atom stereocenters. The highest BCUT2D eigenvalue weighted by molar-refractivity contribution is 7.17. The summed E-state index contributed by atoms with van der Waals surface area (Å²) >= 11 is 1.31. The van der Waals surface area contributed by atoms with Gasteiger partial charge in [-0.1, -0.05) is 30.3 Å². The Kier molecular flexibility index (Phi) is 6.79. The molecule has 8 nitrogen and oxygen atoms in total. The number of nitrogens with one attached hydrogen (secondary N) is 1. The maximum Gasteiger partial charge on any atom is 0.341 e. The van der Waals surface area contributed by atoms with Gasteiger partial charge < -0.3 is 15.8 Å². The van der Waals surface area contributed by atoms with E-state index in [0.29, 0.717) is 33.1 Å². The van der Waals surface area contributed by atoms with Gasteiger partial charge in [-0.15, -0.1) is 11.3 Å². The van der Waals surface area contributed by atoms with Gasteiger partial charge in [0.15, 0.2) is 0 Å². The number of rotatable bonds is 7. The number of nitrogens with two attached hydrogens (primary N) is 1. The van der Waals surface area contributed by atoms with Crippen LogP contribution in [0.1, 0.15) is 48.6 Å². The number of benzene rings is 2. The third kappa shape index (κ3) is 4.71. The Morgan fingerprint density at radius 1 is 1.06 bits per heavy atom. The van der Waals surface area contributed by atoms with Crippen molar-refractivity contribution in [3.05, 3.63) is 88.1 Å². The lowest BCUT2D eigenvalue weighted by atomic mass is 10.0. The van der Waals surface area contributed by atoms with Crippen molar-refractivity contribution in [3.63, 3.8) is 0 Å². The van der Waals surface area contributed by atoms with Crippen LogP contribution in [0.15, 0.2) is 60.8 Å². The SMILES string of the molecule is CCOC(=O)c1cnn(-c2ccc(C(=O)Nc3sc(C)c(-c4ccccc4)c3C(N)=O)cc2)c1C. The van der Waals surface area contributed by atoms with E-state index in [4.69, 9.17) is 10.5 Å². The lowest BCUT2D eigenvalue weighted by molar-refractivity contribution is 0.0525. The van der Waals surface area contributed by atoms with E-state index in [1.807, 2.05) is 37.3 Å². The fourth-order valence-electron chi connectivity index (χ4n) is 3.83. The quantitative estimate of drug-likeness (QED) is 0.364. The van der Waals surface area contributed by atoms with E-state index in [9.17, 15) is 14.4 Å². The maximum absolute atomic E-state index is 13.0. The number of carbonyl (C=O) groups is 3. The second kappa shape index (κ2) is 9.94. The summed E-state index contributed by atoms with van der Waals surface area (Å²) in [6.07, 6.45) is 1.46. The Morgan fingerprint density at radius 2 is 1.74 bits per heavy atom. The number of primary amides is 1. The Morgan fingerprint density at radius 3 is 2.37 bits per heavy atom. The fourth-order valence-corrected chi connectivity index (χ4v) is 4.91. The molecule has 2 aromatic heterocycles. The molecule has 9 heteroatoms. The van der Waals surface area contributed by atoms with Crippen molar-refractivity contribution in [2.45, 2.75) is 20.8 Å². The molecule has 2 aromatic carbocycles. The molecule has 0 saturated carbocycles. The third-order valence-corrected chi connectivity index (χ3v) is 6.52. The highest BCUT2D eigenvalue weighted by Gasteiger charge is 2.23. The number of carbonyl (C=O) groups excluding carboxylic acids is 3. The molecule has 2 heterocycles. The van der Waals surface area contributed by atoms with Crippen molar-refractivity contribution in [2.24, 2.45) is 5.73 Å². The topological polar surface area (TPSA) is 116 Å². The first kappa shape index (κ1) is 23.9. The van der Waals surface area contributed by atoms with Gasteiger partial charge in [-0.25, -0.2) is 9.48 Å². The van der Waals surface area contributed by atoms with E-state index in [1.54, 1.807) is 42.8 Å². The van der Waals surface area contributed by atoms with Gasteiger partial charge >= 0.3 is 5.97 Å². The summed E-state index contributed by atoms with van der Waals surface area (Å²) in [5.41, 5.74) is 9.67. The molecule has 0 aliphatic heterocycles. The summed E-state index contributed by atoms with van der Waals surface area (Å²) in [6.45, 7) is 5.69. The van der Waals surface area contributed by atoms with Gasteiger partial charge in [-0.3, -0.25) is 9.59 Å². The number of nitrogens with zero attached hydrogens (tertiary/aromatic N) is 2. The monoisotopic (exact) mass is 488 g/mol. The van der Waals surface area contributed by atoms with E-state index in [-0.39, 0.29) is 12.5 Å². The molecule has 0 unspecified atom stereocenters. The molecular formula is C26H24N4O4S. The molecule has 35 heavy (non-hydrogen) atoms. The van der Waals surface area contributed by atoms with Crippen molar-refractivity contribution in [1.29, 1.82) is 0 Å². The molecule has 0 bridgehead atoms. The first-order chi connectivity index (χ1) is 16.8. The van der Waals surface area contributed by atoms with Crippen molar-refractivity contribution in [2.75, 3.05) is 11.9 Å². The van der Waals surface area contributed by atoms with E-state index in [2.05, 4.69) is 10.4 Å². The normalized spacial score (nSPS) is 10.7. The van der Waals surface area contributed by atoms with Crippen molar-refractivity contribution < 1.29 is 19.1 Å². The zero-order valence-electron chi connectivity index (χ0n) is 19.5. The van der Waals surface area contributed by atoms with Gasteiger partial charge in [0.1, 0.15) is 10.6 Å². The summed E-state index contributed by atoms with van der Waals surface area (Å²) in [7, 11) is 0. The highest BCUT2D eigenvalue weighted by Crippen LogP contribution is 2.39. The second-order valence-corrected chi connectivity index (χ2v) is 8.97. The molecule has 178 valence electrons. The molecule has 4 rings (SSSR count). The molecule has 0 spiro atoms.